The molecule has 0 spiro atoms. The minimum atomic E-state index is -2.90. The van der Waals surface area contributed by atoms with Gasteiger partial charge in [-0.25, -0.2) is 13.4 Å². The zero-order chi connectivity index (χ0) is 20.0. The summed E-state index contributed by atoms with van der Waals surface area (Å²) < 4.78 is 23.3. The molecule has 2 N–H and O–H groups in total. The van der Waals surface area contributed by atoms with Crippen LogP contribution in [0.15, 0.2) is 29.3 Å². The third kappa shape index (κ3) is 8.05. The summed E-state index contributed by atoms with van der Waals surface area (Å²) in [6, 6.07) is 8.60. The fourth-order valence-corrected chi connectivity index (χ4v) is 5.57. The third-order valence-corrected chi connectivity index (χ3v) is 7.38. The first-order valence-corrected chi connectivity index (χ1v) is 12.3. The Labute approximate surface area is 192 Å². The number of halogens is 1. The highest BCUT2D eigenvalue weighted by atomic mass is 127. The lowest BCUT2D eigenvalue weighted by Crippen LogP contribution is -2.44. The number of nitrogens with one attached hydrogen (secondary N) is 2. The molecule has 6 nitrogen and oxygen atoms in total. The summed E-state index contributed by atoms with van der Waals surface area (Å²) in [7, 11) is -2.90. The summed E-state index contributed by atoms with van der Waals surface area (Å²) in [6.07, 6.45) is 3.23. The van der Waals surface area contributed by atoms with Crippen molar-refractivity contribution in [1.82, 2.24) is 15.5 Å². The Kier molecular flexibility index (Phi) is 9.68. The lowest BCUT2D eigenvalue weighted by atomic mass is 9.98. The van der Waals surface area contributed by atoms with Gasteiger partial charge in [-0.05, 0) is 56.3 Å². The number of nitrogens with zero attached hydrogens (tertiary/aromatic N) is 2. The van der Waals surface area contributed by atoms with Crippen molar-refractivity contribution in [1.29, 1.82) is 0 Å². The number of guanidine groups is 1. The van der Waals surface area contributed by atoms with Crippen LogP contribution in [0.3, 0.4) is 0 Å². The monoisotopic (exact) mass is 534 g/mol. The summed E-state index contributed by atoms with van der Waals surface area (Å²) in [6.45, 7) is 9.06. The molecule has 2 aliphatic rings. The molecule has 1 aromatic rings. The smallest absolute Gasteiger partial charge is 0.191 e. The summed E-state index contributed by atoms with van der Waals surface area (Å²) in [5.41, 5.74) is 2.52. The normalized spacial score (nSPS) is 22.8. The van der Waals surface area contributed by atoms with E-state index in [0.717, 1.165) is 19.0 Å². The quantitative estimate of drug-likeness (QED) is 0.334. The Morgan fingerprint density at radius 3 is 2.59 bits per heavy atom. The van der Waals surface area contributed by atoms with Gasteiger partial charge in [0, 0.05) is 19.1 Å². The molecule has 2 heterocycles. The van der Waals surface area contributed by atoms with Crippen molar-refractivity contribution < 1.29 is 8.42 Å². The van der Waals surface area contributed by atoms with Crippen LogP contribution in [0.2, 0.25) is 0 Å². The molecule has 1 atom stereocenters. The number of hydrogen-bond acceptors (Lipinski definition) is 4. The summed E-state index contributed by atoms with van der Waals surface area (Å²) in [5, 5.41) is 6.51. The van der Waals surface area contributed by atoms with Gasteiger partial charge < -0.3 is 10.6 Å². The van der Waals surface area contributed by atoms with E-state index in [0.29, 0.717) is 18.9 Å². The van der Waals surface area contributed by atoms with Crippen LogP contribution in [-0.4, -0.2) is 56.5 Å². The Hall–Kier alpha value is -0.870. The van der Waals surface area contributed by atoms with E-state index in [1.807, 2.05) is 6.92 Å². The highest BCUT2D eigenvalue weighted by Crippen LogP contribution is 2.18. The topological polar surface area (TPSA) is 73.8 Å². The van der Waals surface area contributed by atoms with Gasteiger partial charge in [0.1, 0.15) is 0 Å². The number of aliphatic imine (C=N–C) groups is 1. The van der Waals surface area contributed by atoms with Crippen LogP contribution >= 0.6 is 24.0 Å². The number of benzene rings is 1. The van der Waals surface area contributed by atoms with Crippen molar-refractivity contribution in [2.45, 2.75) is 52.2 Å². The standard InChI is InChI=1S/C21H34N4O2S.HI/c1-3-22-21(24-20-9-12-28(26,27)16-20)23-14-18-5-4-6-19(13-18)15-25-10-7-17(2)8-11-25;/h4-6,13,17,20H,3,7-12,14-16H2,1-2H3,(H2,22,23,24);1H. The highest BCUT2D eigenvalue weighted by Gasteiger charge is 2.28. The molecule has 8 heteroatoms. The fraction of sp³-hybridized carbons (Fsp3) is 0.667. The molecule has 3 rings (SSSR count). The molecule has 2 saturated heterocycles. The van der Waals surface area contributed by atoms with Gasteiger partial charge in [0.15, 0.2) is 15.8 Å². The van der Waals surface area contributed by atoms with Gasteiger partial charge in [0.05, 0.1) is 18.1 Å². The van der Waals surface area contributed by atoms with E-state index in [9.17, 15) is 8.42 Å². The third-order valence-electron chi connectivity index (χ3n) is 5.61. The van der Waals surface area contributed by atoms with E-state index in [1.165, 1.54) is 37.1 Å². The number of sulfone groups is 1. The largest absolute Gasteiger partial charge is 0.357 e. The molecular formula is C21H35IN4O2S. The van der Waals surface area contributed by atoms with E-state index in [2.05, 4.69) is 51.7 Å². The average molecular weight is 535 g/mol. The number of piperidine rings is 1. The maximum absolute atomic E-state index is 11.7. The predicted molar refractivity (Wildman–Crippen MR) is 131 cm³/mol. The van der Waals surface area contributed by atoms with Gasteiger partial charge in [-0.1, -0.05) is 31.2 Å². The molecule has 0 saturated carbocycles. The first kappa shape index (κ1) is 24.4. The zero-order valence-corrected chi connectivity index (χ0v) is 20.7. The molecule has 0 aromatic heterocycles. The number of rotatable bonds is 6. The summed E-state index contributed by atoms with van der Waals surface area (Å²) >= 11 is 0. The van der Waals surface area contributed by atoms with Crippen molar-refractivity contribution in [3.63, 3.8) is 0 Å². The van der Waals surface area contributed by atoms with E-state index in [4.69, 9.17) is 0 Å². The summed E-state index contributed by atoms with van der Waals surface area (Å²) in [4.78, 5) is 7.22. The predicted octanol–water partition coefficient (Wildman–Crippen LogP) is 2.78. The van der Waals surface area contributed by atoms with Gasteiger partial charge in [0.25, 0.3) is 0 Å². The summed E-state index contributed by atoms with van der Waals surface area (Å²) in [5.74, 6) is 2.01. The van der Waals surface area contributed by atoms with Crippen LogP contribution in [0, 0.1) is 5.92 Å². The molecule has 2 fully saturated rings. The molecule has 164 valence electrons. The van der Waals surface area contributed by atoms with Gasteiger partial charge in [-0.2, -0.15) is 0 Å². The van der Waals surface area contributed by atoms with Crippen LogP contribution < -0.4 is 10.6 Å². The first-order chi connectivity index (χ1) is 13.4. The second-order valence-electron chi connectivity index (χ2n) is 8.22. The molecule has 1 unspecified atom stereocenters. The number of hydrogen-bond donors (Lipinski definition) is 2. The second kappa shape index (κ2) is 11.5. The molecule has 0 radical (unpaired) electrons. The lowest BCUT2D eigenvalue weighted by molar-refractivity contribution is 0.185. The van der Waals surface area contributed by atoms with E-state index in [1.54, 1.807) is 0 Å². The fourth-order valence-electron chi connectivity index (χ4n) is 3.90. The average Bonchev–Trinajstić information content (AvgIpc) is 3.01. The first-order valence-electron chi connectivity index (χ1n) is 10.5. The molecule has 2 aliphatic heterocycles. The molecule has 0 aliphatic carbocycles. The number of likely N-dealkylation sites (tertiary alicyclic amines) is 1. The van der Waals surface area contributed by atoms with Crippen molar-refractivity contribution in [2.24, 2.45) is 10.9 Å². The molecule has 0 amide bonds. The van der Waals surface area contributed by atoms with Crippen molar-refractivity contribution in [2.75, 3.05) is 31.1 Å². The van der Waals surface area contributed by atoms with Gasteiger partial charge in [-0.3, -0.25) is 4.90 Å². The maximum atomic E-state index is 11.7. The van der Waals surface area contributed by atoms with Crippen molar-refractivity contribution >= 4 is 39.8 Å². The van der Waals surface area contributed by atoms with Crippen molar-refractivity contribution in [3.05, 3.63) is 35.4 Å². The second-order valence-corrected chi connectivity index (χ2v) is 10.4. The molecular weight excluding hydrogens is 499 g/mol. The maximum Gasteiger partial charge on any atom is 0.191 e. The molecule has 0 bridgehead atoms. The van der Waals surface area contributed by atoms with Crippen LogP contribution in [0.4, 0.5) is 0 Å². The SMILES string of the molecule is CCNC(=NCc1cccc(CN2CCC(C)CC2)c1)NC1CCS(=O)(=O)C1.I. The Morgan fingerprint density at radius 2 is 1.93 bits per heavy atom. The minimum absolute atomic E-state index is 0. The van der Waals surface area contributed by atoms with E-state index < -0.39 is 9.84 Å². The van der Waals surface area contributed by atoms with E-state index >= 15 is 0 Å². The van der Waals surface area contributed by atoms with Gasteiger partial charge in [-0.15, -0.1) is 24.0 Å². The highest BCUT2D eigenvalue weighted by molar-refractivity contribution is 14.0. The van der Waals surface area contributed by atoms with Crippen LogP contribution in [-0.2, 0) is 22.9 Å². The van der Waals surface area contributed by atoms with E-state index in [-0.39, 0.29) is 41.5 Å². The molecule has 29 heavy (non-hydrogen) atoms. The minimum Gasteiger partial charge on any atom is -0.357 e. The Bertz CT molecular complexity index is 777. The Balaban J connectivity index is 0.00000300. The van der Waals surface area contributed by atoms with Crippen LogP contribution in [0.1, 0.15) is 44.2 Å². The van der Waals surface area contributed by atoms with Crippen LogP contribution in [0.25, 0.3) is 0 Å². The van der Waals surface area contributed by atoms with Gasteiger partial charge in [0.2, 0.25) is 0 Å². The lowest BCUT2D eigenvalue weighted by Gasteiger charge is -2.30. The van der Waals surface area contributed by atoms with Crippen molar-refractivity contribution in [3.8, 4) is 0 Å². The zero-order valence-electron chi connectivity index (χ0n) is 17.6. The van der Waals surface area contributed by atoms with Crippen LogP contribution in [0.5, 0.6) is 0 Å². The van der Waals surface area contributed by atoms with Gasteiger partial charge >= 0.3 is 0 Å². The Morgan fingerprint density at radius 1 is 1.21 bits per heavy atom. The molecule has 1 aromatic carbocycles.